The summed E-state index contributed by atoms with van der Waals surface area (Å²) in [6, 6.07) is 4.03. The highest BCUT2D eigenvalue weighted by Crippen LogP contribution is 2.16. The number of benzene rings is 1. The summed E-state index contributed by atoms with van der Waals surface area (Å²) in [5.41, 5.74) is 3.98. The fourth-order valence-corrected chi connectivity index (χ4v) is 1.28. The molecule has 0 fully saturated rings. The maximum atomic E-state index is 4.02. The van der Waals surface area contributed by atoms with Crippen LogP contribution in [0.25, 0.3) is 17.1 Å². The largest absolute Gasteiger partial charge is 0.197 e. The van der Waals surface area contributed by atoms with Gasteiger partial charge in [0, 0.05) is 5.56 Å². The Bertz CT molecular complexity index is 428. The Kier molecular flexibility index (Phi) is 1.43. The highest BCUT2D eigenvalue weighted by Gasteiger charge is 2.02. The molecule has 0 saturated heterocycles. The molecule has 60 valence electrons. The fourth-order valence-electron chi connectivity index (χ4n) is 1.28. The molecule has 0 saturated carbocycles. The van der Waals surface area contributed by atoms with Crippen molar-refractivity contribution in [3.63, 3.8) is 0 Å². The summed E-state index contributed by atoms with van der Waals surface area (Å²) < 4.78 is 0. The van der Waals surface area contributed by atoms with Gasteiger partial charge in [-0.15, -0.1) is 0 Å². The van der Waals surface area contributed by atoms with E-state index in [1.54, 1.807) is 6.08 Å². The average Bonchev–Trinajstić information content (AvgIpc) is 2.50. The van der Waals surface area contributed by atoms with E-state index >= 15 is 0 Å². The average molecular weight is 159 g/mol. The summed E-state index contributed by atoms with van der Waals surface area (Å²) in [4.78, 5) is 0. The second-order valence-corrected chi connectivity index (χ2v) is 2.75. The number of aryl methyl sites for hydroxylation is 1. The zero-order valence-corrected chi connectivity index (χ0v) is 6.83. The lowest BCUT2D eigenvalue weighted by Crippen LogP contribution is -1.79. The van der Waals surface area contributed by atoms with Gasteiger partial charge in [-0.3, -0.25) is 0 Å². The molecule has 1 N–H and O–H groups in total. The first-order valence-electron chi connectivity index (χ1n) is 3.75. The van der Waals surface area contributed by atoms with Crippen LogP contribution >= 0.6 is 0 Å². The highest BCUT2D eigenvalue weighted by molar-refractivity contribution is 5.84. The lowest BCUT2D eigenvalue weighted by atomic mass is 10.1. The number of H-pyrrole nitrogens is 1. The minimum Gasteiger partial charge on any atom is -0.197 e. The van der Waals surface area contributed by atoms with Gasteiger partial charge in [0.05, 0.1) is 0 Å². The van der Waals surface area contributed by atoms with E-state index in [9.17, 15) is 0 Å². The van der Waals surface area contributed by atoms with Crippen LogP contribution in [0.3, 0.4) is 0 Å². The highest BCUT2D eigenvalue weighted by atomic mass is 15.3. The third-order valence-electron chi connectivity index (χ3n) is 1.82. The Morgan fingerprint density at radius 2 is 2.25 bits per heavy atom. The summed E-state index contributed by atoms with van der Waals surface area (Å²) in [6.07, 6.45) is 1.79. The molecule has 2 rings (SSSR count). The van der Waals surface area contributed by atoms with E-state index in [1.807, 2.05) is 19.1 Å². The van der Waals surface area contributed by atoms with Gasteiger partial charge in [-0.25, -0.2) is 0 Å². The van der Waals surface area contributed by atoms with Crippen molar-refractivity contribution in [2.45, 2.75) is 6.92 Å². The number of nitrogens with one attached hydrogen (secondary N) is 1. The van der Waals surface area contributed by atoms with E-state index in [2.05, 4.69) is 22.0 Å². The molecule has 0 atom stereocenters. The van der Waals surface area contributed by atoms with E-state index in [0.717, 1.165) is 16.6 Å². The van der Waals surface area contributed by atoms with Crippen molar-refractivity contribution in [3.05, 3.63) is 29.8 Å². The van der Waals surface area contributed by atoms with Gasteiger partial charge >= 0.3 is 0 Å². The quantitative estimate of drug-likeness (QED) is 0.690. The molecule has 3 heteroatoms. The molecule has 0 aliphatic carbocycles. The second-order valence-electron chi connectivity index (χ2n) is 2.75. The van der Waals surface area contributed by atoms with Crippen molar-refractivity contribution in [2.24, 2.45) is 0 Å². The van der Waals surface area contributed by atoms with Crippen LogP contribution in [-0.2, 0) is 0 Å². The van der Waals surface area contributed by atoms with Crippen molar-refractivity contribution in [1.82, 2.24) is 15.4 Å². The van der Waals surface area contributed by atoms with Gasteiger partial charge in [-0.05, 0) is 24.6 Å². The van der Waals surface area contributed by atoms with Crippen LogP contribution in [0.5, 0.6) is 0 Å². The minimum absolute atomic E-state index is 0.885. The molecule has 2 aromatic rings. The second kappa shape index (κ2) is 2.44. The van der Waals surface area contributed by atoms with Crippen molar-refractivity contribution in [3.8, 4) is 0 Å². The molecular weight excluding hydrogens is 150 g/mol. The van der Waals surface area contributed by atoms with Crippen LogP contribution in [0.1, 0.15) is 11.1 Å². The Morgan fingerprint density at radius 3 is 3.00 bits per heavy atom. The summed E-state index contributed by atoms with van der Waals surface area (Å²) in [5, 5.41) is 10.6. The lowest BCUT2D eigenvalue weighted by Gasteiger charge is -1.95. The zero-order valence-electron chi connectivity index (χ0n) is 6.83. The van der Waals surface area contributed by atoms with Gasteiger partial charge in [0.1, 0.15) is 11.0 Å². The van der Waals surface area contributed by atoms with E-state index in [1.165, 1.54) is 5.56 Å². The number of hydrogen-bond donors (Lipinski definition) is 1. The first kappa shape index (κ1) is 7.03. The first-order chi connectivity index (χ1) is 5.81. The molecule has 3 nitrogen and oxygen atoms in total. The maximum absolute atomic E-state index is 4.02. The minimum atomic E-state index is 0.885. The molecule has 0 aliphatic rings. The maximum Gasteiger partial charge on any atom is 0.120 e. The van der Waals surface area contributed by atoms with Crippen LogP contribution in [0.4, 0.5) is 0 Å². The molecule has 0 amide bonds. The van der Waals surface area contributed by atoms with Crippen LogP contribution in [0.2, 0.25) is 0 Å². The summed E-state index contributed by atoms with van der Waals surface area (Å²) in [5.74, 6) is 0. The van der Waals surface area contributed by atoms with E-state index in [-0.39, 0.29) is 0 Å². The molecule has 0 spiro atoms. The van der Waals surface area contributed by atoms with Crippen molar-refractivity contribution in [2.75, 3.05) is 0 Å². The summed E-state index contributed by atoms with van der Waals surface area (Å²) >= 11 is 0. The van der Waals surface area contributed by atoms with Gasteiger partial charge in [0.2, 0.25) is 0 Å². The molecule has 0 radical (unpaired) electrons. The smallest absolute Gasteiger partial charge is 0.120 e. The normalized spacial score (nSPS) is 10.4. The number of fused-ring (bicyclic) bond motifs is 1. The topological polar surface area (TPSA) is 41.6 Å². The molecule has 12 heavy (non-hydrogen) atoms. The van der Waals surface area contributed by atoms with Gasteiger partial charge < -0.3 is 0 Å². The standard InChI is InChI=1S/C9H9N3/c1-3-7-4-6(2)5-8-9(7)11-12-10-8/h3-5H,1H2,2H3,(H,10,11,12). The number of aromatic nitrogens is 3. The number of nitrogens with zero attached hydrogens (tertiary/aromatic N) is 2. The Hall–Kier alpha value is -1.64. The Balaban J connectivity index is 2.88. The zero-order chi connectivity index (χ0) is 8.55. The molecular formula is C9H9N3. The SMILES string of the molecule is C=Cc1cc(C)cc2n[nH]nc12. The van der Waals surface area contributed by atoms with E-state index in [4.69, 9.17) is 0 Å². The third-order valence-corrected chi connectivity index (χ3v) is 1.82. The molecule has 0 unspecified atom stereocenters. The number of hydrogen-bond acceptors (Lipinski definition) is 2. The van der Waals surface area contributed by atoms with Crippen LogP contribution < -0.4 is 0 Å². The van der Waals surface area contributed by atoms with Crippen LogP contribution in [0, 0.1) is 6.92 Å². The Morgan fingerprint density at radius 1 is 1.42 bits per heavy atom. The first-order valence-corrected chi connectivity index (χ1v) is 3.75. The number of rotatable bonds is 1. The van der Waals surface area contributed by atoms with Gasteiger partial charge in [0.25, 0.3) is 0 Å². The monoisotopic (exact) mass is 159 g/mol. The predicted molar refractivity (Wildman–Crippen MR) is 48.7 cm³/mol. The van der Waals surface area contributed by atoms with Crippen molar-refractivity contribution >= 4 is 17.1 Å². The van der Waals surface area contributed by atoms with E-state index in [0.29, 0.717) is 0 Å². The number of aromatic amines is 1. The van der Waals surface area contributed by atoms with Crippen molar-refractivity contribution in [1.29, 1.82) is 0 Å². The summed E-state index contributed by atoms with van der Waals surface area (Å²) in [7, 11) is 0. The van der Waals surface area contributed by atoms with E-state index < -0.39 is 0 Å². The van der Waals surface area contributed by atoms with Crippen LogP contribution in [-0.4, -0.2) is 15.4 Å². The molecule has 0 aliphatic heterocycles. The fraction of sp³-hybridized carbons (Fsp3) is 0.111. The van der Waals surface area contributed by atoms with Gasteiger partial charge in [-0.2, -0.15) is 15.4 Å². The lowest BCUT2D eigenvalue weighted by molar-refractivity contribution is 0.959. The predicted octanol–water partition coefficient (Wildman–Crippen LogP) is 1.91. The third kappa shape index (κ3) is 0.906. The summed E-state index contributed by atoms with van der Waals surface area (Å²) in [6.45, 7) is 5.75. The molecule has 0 bridgehead atoms. The van der Waals surface area contributed by atoms with Crippen molar-refractivity contribution < 1.29 is 0 Å². The molecule has 1 heterocycles. The van der Waals surface area contributed by atoms with Gasteiger partial charge in [0.15, 0.2) is 0 Å². The Labute approximate surface area is 70.1 Å². The van der Waals surface area contributed by atoms with Gasteiger partial charge in [-0.1, -0.05) is 12.7 Å². The molecule has 1 aromatic heterocycles. The van der Waals surface area contributed by atoms with Crippen LogP contribution in [0.15, 0.2) is 18.7 Å². The molecule has 1 aromatic carbocycles.